The summed E-state index contributed by atoms with van der Waals surface area (Å²) in [5.41, 5.74) is 2.07. The maximum Gasteiger partial charge on any atom is 0.326 e. The Bertz CT molecular complexity index is 1250. The summed E-state index contributed by atoms with van der Waals surface area (Å²) in [7, 11) is 0. The third-order valence-electron chi connectivity index (χ3n) is 5.90. The van der Waals surface area contributed by atoms with Crippen molar-refractivity contribution in [3.05, 3.63) is 101 Å². The first kappa shape index (κ1) is 22.0. The van der Waals surface area contributed by atoms with Crippen molar-refractivity contribution in [2.24, 2.45) is 4.99 Å². The zero-order valence-electron chi connectivity index (χ0n) is 18.1. The lowest BCUT2D eigenvalue weighted by Crippen LogP contribution is -2.55. The van der Waals surface area contributed by atoms with E-state index in [1.165, 1.54) is 17.0 Å². The third-order valence-corrected chi connectivity index (χ3v) is 6.16. The van der Waals surface area contributed by atoms with Gasteiger partial charge < -0.3 is 10.2 Å². The largest absolute Gasteiger partial charge is 0.353 e. The van der Waals surface area contributed by atoms with E-state index in [0.717, 1.165) is 5.56 Å². The number of amidine groups is 1. The van der Waals surface area contributed by atoms with Crippen LogP contribution in [0.15, 0.2) is 78.0 Å². The van der Waals surface area contributed by atoms with Crippen LogP contribution in [-0.4, -0.2) is 52.2 Å². The van der Waals surface area contributed by atoms with Crippen LogP contribution in [0.1, 0.15) is 28.8 Å². The number of pyridine rings is 1. The molecule has 1 fully saturated rings. The van der Waals surface area contributed by atoms with Crippen molar-refractivity contribution in [2.45, 2.75) is 12.1 Å². The van der Waals surface area contributed by atoms with Gasteiger partial charge in [-0.25, -0.2) is 9.18 Å². The van der Waals surface area contributed by atoms with Gasteiger partial charge in [-0.05, 0) is 47.5 Å². The molecule has 3 amide bonds. The molecule has 0 bridgehead atoms. The van der Waals surface area contributed by atoms with E-state index in [1.807, 2.05) is 18.2 Å². The molecule has 0 saturated carbocycles. The van der Waals surface area contributed by atoms with Crippen molar-refractivity contribution in [2.75, 3.05) is 19.6 Å². The second-order valence-electron chi connectivity index (χ2n) is 8.11. The number of nitrogens with one attached hydrogen (secondary N) is 1. The van der Waals surface area contributed by atoms with Gasteiger partial charge in [-0.3, -0.25) is 19.7 Å². The van der Waals surface area contributed by atoms with E-state index in [0.29, 0.717) is 35.1 Å². The molecule has 2 aromatic carbocycles. The molecule has 0 radical (unpaired) electrons. The van der Waals surface area contributed by atoms with Gasteiger partial charge in [0.25, 0.3) is 0 Å². The summed E-state index contributed by atoms with van der Waals surface area (Å²) in [6.45, 7) is 0.670. The van der Waals surface area contributed by atoms with Crippen LogP contribution in [-0.2, 0) is 4.79 Å². The molecule has 3 aromatic rings. The molecule has 1 aromatic heterocycles. The Hall–Kier alpha value is -3.78. The van der Waals surface area contributed by atoms with E-state index in [9.17, 15) is 14.0 Å². The fourth-order valence-corrected chi connectivity index (χ4v) is 4.47. The van der Waals surface area contributed by atoms with Crippen LogP contribution in [0.25, 0.3) is 0 Å². The highest BCUT2D eigenvalue weighted by Gasteiger charge is 2.44. The predicted molar refractivity (Wildman–Crippen MR) is 126 cm³/mol. The number of hydrogen-bond donors (Lipinski definition) is 1. The number of urea groups is 1. The number of amides is 3. The van der Waals surface area contributed by atoms with E-state index in [2.05, 4.69) is 10.3 Å². The van der Waals surface area contributed by atoms with Gasteiger partial charge in [-0.15, -0.1) is 0 Å². The Morgan fingerprint density at radius 2 is 1.91 bits per heavy atom. The summed E-state index contributed by atoms with van der Waals surface area (Å²) in [6.07, 6.45) is 3.27. The number of aliphatic imine (C=N–C) groups is 1. The Kier molecular flexibility index (Phi) is 5.98. The molecule has 0 aliphatic carbocycles. The first-order valence-electron chi connectivity index (χ1n) is 10.9. The standard InChI is InChI=1S/C25H21ClFN5O2/c26-19-8-6-16(7-9-19)22-23(17-3-1-5-20(27)13-17)32(24(30-22)18-4-2-10-28-14-18)25(34)31-12-11-29-21(33)15-31/h1-10,13-14,22-23H,11-12,15H2,(H,29,33). The Labute approximate surface area is 200 Å². The highest BCUT2D eigenvalue weighted by atomic mass is 35.5. The first-order chi connectivity index (χ1) is 16.5. The number of hydrogen-bond acceptors (Lipinski definition) is 4. The highest BCUT2D eigenvalue weighted by Crippen LogP contribution is 2.44. The quantitative estimate of drug-likeness (QED) is 0.620. The van der Waals surface area contributed by atoms with E-state index in [4.69, 9.17) is 16.6 Å². The molecule has 2 atom stereocenters. The minimum Gasteiger partial charge on any atom is -0.353 e. The lowest BCUT2D eigenvalue weighted by Gasteiger charge is -2.35. The number of aromatic nitrogens is 1. The van der Waals surface area contributed by atoms with Crippen LogP contribution in [0.4, 0.5) is 9.18 Å². The van der Waals surface area contributed by atoms with Crippen LogP contribution >= 0.6 is 11.6 Å². The molecule has 2 aliphatic heterocycles. The normalized spacial score (nSPS) is 20.2. The summed E-state index contributed by atoms with van der Waals surface area (Å²) in [5, 5.41) is 3.31. The summed E-state index contributed by atoms with van der Waals surface area (Å²) < 4.78 is 14.3. The summed E-state index contributed by atoms with van der Waals surface area (Å²) in [4.78, 5) is 38.1. The molecule has 5 rings (SSSR count). The fourth-order valence-electron chi connectivity index (χ4n) is 4.35. The van der Waals surface area contributed by atoms with E-state index in [-0.39, 0.29) is 18.5 Å². The van der Waals surface area contributed by atoms with Gasteiger partial charge in [0, 0.05) is 36.1 Å². The Balaban J connectivity index is 1.66. The molecular formula is C25H21ClFN5O2. The van der Waals surface area contributed by atoms with Gasteiger partial charge in [0.05, 0.1) is 6.04 Å². The van der Waals surface area contributed by atoms with E-state index < -0.39 is 17.9 Å². The third kappa shape index (κ3) is 4.24. The summed E-state index contributed by atoms with van der Waals surface area (Å²) >= 11 is 6.11. The van der Waals surface area contributed by atoms with Crippen LogP contribution in [0.3, 0.4) is 0 Å². The first-order valence-corrected chi connectivity index (χ1v) is 11.2. The van der Waals surface area contributed by atoms with Gasteiger partial charge in [0.1, 0.15) is 24.2 Å². The second-order valence-corrected chi connectivity index (χ2v) is 8.55. The molecule has 7 nitrogen and oxygen atoms in total. The average molecular weight is 478 g/mol. The number of nitrogens with zero attached hydrogens (tertiary/aromatic N) is 4. The van der Waals surface area contributed by atoms with Crippen molar-refractivity contribution in [1.82, 2.24) is 20.1 Å². The smallest absolute Gasteiger partial charge is 0.326 e. The average Bonchev–Trinajstić information content (AvgIpc) is 3.25. The van der Waals surface area contributed by atoms with Crippen LogP contribution in [0.2, 0.25) is 5.02 Å². The van der Waals surface area contributed by atoms with Crippen molar-refractivity contribution in [1.29, 1.82) is 0 Å². The van der Waals surface area contributed by atoms with Gasteiger partial charge in [0.15, 0.2) is 0 Å². The van der Waals surface area contributed by atoms with Crippen molar-refractivity contribution >= 4 is 29.4 Å². The molecule has 172 valence electrons. The molecule has 1 N–H and O–H groups in total. The maximum absolute atomic E-state index is 14.3. The molecule has 0 spiro atoms. The van der Waals surface area contributed by atoms with Crippen LogP contribution in [0.5, 0.6) is 0 Å². The predicted octanol–water partition coefficient (Wildman–Crippen LogP) is 3.97. The topological polar surface area (TPSA) is 77.9 Å². The molecule has 2 aliphatic rings. The number of piperazine rings is 1. The Morgan fingerprint density at radius 3 is 2.62 bits per heavy atom. The molecule has 2 unspecified atom stereocenters. The second kappa shape index (κ2) is 9.23. The molecule has 3 heterocycles. The zero-order valence-corrected chi connectivity index (χ0v) is 18.8. The molecule has 9 heteroatoms. The number of carbonyl (C=O) groups is 2. The van der Waals surface area contributed by atoms with Gasteiger partial charge >= 0.3 is 6.03 Å². The number of halogens is 2. The Morgan fingerprint density at radius 1 is 1.09 bits per heavy atom. The van der Waals surface area contributed by atoms with Crippen LogP contribution in [0, 0.1) is 5.82 Å². The molecular weight excluding hydrogens is 457 g/mol. The number of benzene rings is 2. The molecule has 34 heavy (non-hydrogen) atoms. The van der Waals surface area contributed by atoms with E-state index in [1.54, 1.807) is 47.6 Å². The monoisotopic (exact) mass is 477 g/mol. The SMILES string of the molecule is O=C1CN(C(=O)N2C(c3cccnc3)=NC(c3ccc(Cl)cc3)C2c2cccc(F)c2)CCN1. The van der Waals surface area contributed by atoms with Crippen LogP contribution < -0.4 is 5.32 Å². The van der Waals surface area contributed by atoms with Crippen molar-refractivity contribution < 1.29 is 14.0 Å². The number of rotatable bonds is 3. The van der Waals surface area contributed by atoms with Crippen molar-refractivity contribution in [3.8, 4) is 0 Å². The van der Waals surface area contributed by atoms with Gasteiger partial charge in [-0.2, -0.15) is 0 Å². The minimum atomic E-state index is -0.635. The lowest BCUT2D eigenvalue weighted by molar-refractivity contribution is -0.123. The van der Waals surface area contributed by atoms with Gasteiger partial charge in [0.2, 0.25) is 5.91 Å². The van der Waals surface area contributed by atoms with Gasteiger partial charge in [-0.1, -0.05) is 35.9 Å². The lowest BCUT2D eigenvalue weighted by atomic mass is 9.93. The van der Waals surface area contributed by atoms with Crippen molar-refractivity contribution in [3.63, 3.8) is 0 Å². The zero-order chi connectivity index (χ0) is 23.7. The molecule has 1 saturated heterocycles. The number of carbonyl (C=O) groups excluding carboxylic acids is 2. The summed E-state index contributed by atoms with van der Waals surface area (Å²) in [6, 6.07) is 15.5. The minimum absolute atomic E-state index is 0.0584. The highest BCUT2D eigenvalue weighted by molar-refractivity contribution is 6.30. The van der Waals surface area contributed by atoms with E-state index >= 15 is 0 Å². The fraction of sp³-hybridized carbons (Fsp3) is 0.200. The summed E-state index contributed by atoms with van der Waals surface area (Å²) in [5.74, 6) is -0.222. The maximum atomic E-state index is 14.3.